The first kappa shape index (κ1) is 19.0. The molecule has 2 aliphatic rings. The summed E-state index contributed by atoms with van der Waals surface area (Å²) in [4.78, 5) is 16.8. The van der Waals surface area contributed by atoms with Crippen molar-refractivity contribution in [3.05, 3.63) is 70.8 Å². The maximum absolute atomic E-state index is 12.4. The van der Waals surface area contributed by atoms with E-state index in [4.69, 9.17) is 4.74 Å². The van der Waals surface area contributed by atoms with Gasteiger partial charge in [0, 0.05) is 26.2 Å². The van der Waals surface area contributed by atoms with Gasteiger partial charge < -0.3 is 9.64 Å². The molecule has 0 radical (unpaired) electrons. The Hall–Kier alpha value is -2.33. The quantitative estimate of drug-likeness (QED) is 0.736. The molecule has 1 aliphatic heterocycles. The van der Waals surface area contributed by atoms with Crippen LogP contribution in [-0.2, 0) is 17.6 Å². The van der Waals surface area contributed by atoms with E-state index in [0.717, 1.165) is 25.9 Å². The second kappa shape index (κ2) is 7.59. The maximum Gasteiger partial charge on any atom is 0.410 e. The number of carbonyl (C=O) groups is 1. The van der Waals surface area contributed by atoms with Gasteiger partial charge in [0.2, 0.25) is 0 Å². The molecule has 0 aromatic heterocycles. The lowest BCUT2D eigenvalue weighted by Gasteiger charge is -2.40. The van der Waals surface area contributed by atoms with Crippen LogP contribution in [0.2, 0.25) is 0 Å². The van der Waals surface area contributed by atoms with E-state index < -0.39 is 5.60 Å². The van der Waals surface area contributed by atoms with E-state index in [9.17, 15) is 4.79 Å². The average Bonchev–Trinajstić information content (AvgIpc) is 2.84. The number of hydrogen-bond donors (Lipinski definition) is 0. The van der Waals surface area contributed by atoms with E-state index in [-0.39, 0.29) is 12.1 Å². The number of nitrogens with zero attached hydrogens (tertiary/aromatic N) is 2. The van der Waals surface area contributed by atoms with Crippen LogP contribution in [0.25, 0.3) is 0 Å². The van der Waals surface area contributed by atoms with Crippen LogP contribution in [0.1, 0.15) is 49.1 Å². The number of carbonyl (C=O) groups excluding carboxylic acids is 1. The minimum absolute atomic E-state index is 0.200. The third kappa shape index (κ3) is 3.93. The zero-order valence-electron chi connectivity index (χ0n) is 17.1. The van der Waals surface area contributed by atoms with Crippen LogP contribution in [0.3, 0.4) is 0 Å². The average molecular weight is 379 g/mol. The standard InChI is InChI=1S/C24H30N2O2/c1-24(2,3)28-23(27)26-16-14-25(15-17-26)22-20-10-6-4-8-18(20)12-13-19-9-5-7-11-21(19)22/h4-11,22H,12-17H2,1-3H3. The second-order valence-corrected chi connectivity index (χ2v) is 8.80. The van der Waals surface area contributed by atoms with Crippen molar-refractivity contribution in [2.24, 2.45) is 0 Å². The Balaban J connectivity index is 1.58. The highest BCUT2D eigenvalue weighted by atomic mass is 16.6. The van der Waals surface area contributed by atoms with Gasteiger partial charge in [-0.1, -0.05) is 48.5 Å². The summed E-state index contributed by atoms with van der Waals surface area (Å²) in [5, 5.41) is 0. The minimum Gasteiger partial charge on any atom is -0.444 e. The van der Waals surface area contributed by atoms with Crippen molar-refractivity contribution in [2.45, 2.75) is 45.3 Å². The van der Waals surface area contributed by atoms with Crippen LogP contribution in [0.4, 0.5) is 4.79 Å². The Labute approximate surface area is 168 Å². The zero-order chi connectivity index (χ0) is 19.7. The van der Waals surface area contributed by atoms with Crippen LogP contribution in [0.15, 0.2) is 48.5 Å². The zero-order valence-corrected chi connectivity index (χ0v) is 17.1. The molecule has 4 heteroatoms. The number of piperazine rings is 1. The molecule has 0 bridgehead atoms. The van der Waals surface area contributed by atoms with E-state index >= 15 is 0 Å². The van der Waals surface area contributed by atoms with Gasteiger partial charge in [-0.05, 0) is 55.9 Å². The highest BCUT2D eigenvalue weighted by molar-refractivity contribution is 5.68. The van der Waals surface area contributed by atoms with E-state index in [1.807, 2.05) is 25.7 Å². The molecule has 28 heavy (non-hydrogen) atoms. The predicted octanol–water partition coefficient (Wildman–Crippen LogP) is 4.43. The van der Waals surface area contributed by atoms with Crippen molar-refractivity contribution in [1.82, 2.24) is 9.80 Å². The van der Waals surface area contributed by atoms with Gasteiger partial charge in [0.25, 0.3) is 0 Å². The lowest BCUT2D eigenvalue weighted by molar-refractivity contribution is 0.0119. The van der Waals surface area contributed by atoms with Crippen LogP contribution in [-0.4, -0.2) is 47.7 Å². The summed E-state index contributed by atoms with van der Waals surface area (Å²) >= 11 is 0. The molecular formula is C24H30N2O2. The normalized spacial score (nSPS) is 18.2. The van der Waals surface area contributed by atoms with Crippen molar-refractivity contribution < 1.29 is 9.53 Å². The van der Waals surface area contributed by atoms with E-state index in [0.29, 0.717) is 13.1 Å². The summed E-state index contributed by atoms with van der Waals surface area (Å²) in [6.07, 6.45) is 1.97. The number of amides is 1. The van der Waals surface area contributed by atoms with E-state index in [1.165, 1.54) is 22.3 Å². The topological polar surface area (TPSA) is 32.8 Å². The summed E-state index contributed by atoms with van der Waals surface area (Å²) in [5.41, 5.74) is 5.26. The molecule has 148 valence electrons. The fourth-order valence-electron chi connectivity index (χ4n) is 4.38. The summed E-state index contributed by atoms with van der Waals surface area (Å²) < 4.78 is 5.56. The van der Waals surface area contributed by atoms with Gasteiger partial charge in [-0.15, -0.1) is 0 Å². The van der Waals surface area contributed by atoms with Crippen molar-refractivity contribution in [3.8, 4) is 0 Å². The molecule has 1 fully saturated rings. The van der Waals surface area contributed by atoms with Crippen LogP contribution < -0.4 is 0 Å². The lowest BCUT2D eigenvalue weighted by Crippen LogP contribution is -2.51. The van der Waals surface area contributed by atoms with Crippen LogP contribution in [0.5, 0.6) is 0 Å². The molecule has 4 rings (SSSR count). The van der Waals surface area contributed by atoms with Gasteiger partial charge >= 0.3 is 6.09 Å². The summed E-state index contributed by atoms with van der Waals surface area (Å²) in [6, 6.07) is 17.9. The van der Waals surface area contributed by atoms with Gasteiger partial charge in [0.15, 0.2) is 0 Å². The number of rotatable bonds is 1. The SMILES string of the molecule is CC(C)(C)OC(=O)N1CCN(C2c3ccccc3CCc3ccccc32)CC1. The van der Waals surface area contributed by atoms with Gasteiger partial charge in [-0.2, -0.15) is 0 Å². The molecule has 0 saturated carbocycles. The number of aryl methyl sites for hydroxylation is 2. The molecule has 1 amide bonds. The molecular weight excluding hydrogens is 348 g/mol. The molecule has 1 heterocycles. The fraction of sp³-hybridized carbons (Fsp3) is 0.458. The first-order valence-electron chi connectivity index (χ1n) is 10.3. The maximum atomic E-state index is 12.4. The van der Waals surface area contributed by atoms with Gasteiger partial charge in [-0.25, -0.2) is 4.79 Å². The van der Waals surface area contributed by atoms with Gasteiger partial charge in [0.05, 0.1) is 6.04 Å². The minimum atomic E-state index is -0.451. The monoisotopic (exact) mass is 378 g/mol. The molecule has 1 aliphatic carbocycles. The molecule has 0 N–H and O–H groups in total. The van der Waals surface area contributed by atoms with E-state index in [1.54, 1.807) is 0 Å². The van der Waals surface area contributed by atoms with Crippen LogP contribution >= 0.6 is 0 Å². The summed E-state index contributed by atoms with van der Waals surface area (Å²) in [6.45, 7) is 8.87. The molecule has 1 saturated heterocycles. The predicted molar refractivity (Wildman–Crippen MR) is 112 cm³/mol. The summed E-state index contributed by atoms with van der Waals surface area (Å²) in [7, 11) is 0. The van der Waals surface area contributed by atoms with Crippen molar-refractivity contribution >= 4 is 6.09 Å². The lowest BCUT2D eigenvalue weighted by atomic mass is 9.93. The molecule has 0 unspecified atom stereocenters. The fourth-order valence-corrected chi connectivity index (χ4v) is 4.38. The second-order valence-electron chi connectivity index (χ2n) is 8.80. The first-order valence-corrected chi connectivity index (χ1v) is 10.3. The highest BCUT2D eigenvalue weighted by Gasteiger charge is 2.32. The van der Waals surface area contributed by atoms with Crippen molar-refractivity contribution in [2.75, 3.05) is 26.2 Å². The molecule has 4 nitrogen and oxygen atoms in total. The molecule has 2 aromatic rings. The number of ether oxygens (including phenoxy) is 1. The third-order valence-electron chi connectivity index (χ3n) is 5.69. The molecule has 0 spiro atoms. The van der Waals surface area contributed by atoms with Gasteiger partial charge in [-0.3, -0.25) is 4.90 Å². The highest BCUT2D eigenvalue weighted by Crippen LogP contribution is 2.37. The Kier molecular flexibility index (Phi) is 5.15. The smallest absolute Gasteiger partial charge is 0.410 e. The number of benzene rings is 2. The number of fused-ring (bicyclic) bond motifs is 2. The Morgan fingerprint density at radius 2 is 1.36 bits per heavy atom. The Bertz CT molecular complexity index is 800. The third-order valence-corrected chi connectivity index (χ3v) is 5.69. The number of hydrogen-bond acceptors (Lipinski definition) is 3. The Morgan fingerprint density at radius 1 is 0.857 bits per heavy atom. The van der Waals surface area contributed by atoms with E-state index in [2.05, 4.69) is 53.4 Å². The molecule has 2 aromatic carbocycles. The first-order chi connectivity index (χ1) is 13.4. The van der Waals surface area contributed by atoms with Crippen LogP contribution in [0, 0.1) is 0 Å². The van der Waals surface area contributed by atoms with Crippen molar-refractivity contribution in [3.63, 3.8) is 0 Å². The van der Waals surface area contributed by atoms with Gasteiger partial charge in [0.1, 0.15) is 5.60 Å². The summed E-state index contributed by atoms with van der Waals surface area (Å²) in [5.74, 6) is 0. The molecule has 0 atom stereocenters. The van der Waals surface area contributed by atoms with Crippen molar-refractivity contribution in [1.29, 1.82) is 0 Å². The Morgan fingerprint density at radius 3 is 1.86 bits per heavy atom. The largest absolute Gasteiger partial charge is 0.444 e.